The predicted octanol–water partition coefficient (Wildman–Crippen LogP) is 5.12. The molecule has 0 N–H and O–H groups in total. The minimum absolute atomic E-state index is 0.0506. The van der Waals surface area contributed by atoms with Crippen molar-refractivity contribution in [1.82, 2.24) is 9.88 Å². The van der Waals surface area contributed by atoms with Gasteiger partial charge in [0.2, 0.25) is 0 Å². The van der Waals surface area contributed by atoms with Crippen molar-refractivity contribution in [2.45, 2.75) is 34.6 Å². The van der Waals surface area contributed by atoms with Gasteiger partial charge < -0.3 is 4.90 Å². The molecule has 1 heterocycles. The number of hydrogen-bond donors (Lipinski definition) is 0. The van der Waals surface area contributed by atoms with E-state index in [0.29, 0.717) is 29.3 Å². The standard InChI is InChI=1S/C23H28N4O3S/c1-6-25(7-2)13-14-26(22(28)18-9-8-10-19(17(18)5)27(29)30)23-24-21-16(4)15(3)11-12-20(21)31-23/h8-12H,6-7,13-14H2,1-5H3. The Bertz CT molecular complexity index is 1120. The van der Waals surface area contributed by atoms with Crippen LogP contribution in [0.5, 0.6) is 0 Å². The predicted molar refractivity (Wildman–Crippen MR) is 126 cm³/mol. The highest BCUT2D eigenvalue weighted by Crippen LogP contribution is 2.33. The molecule has 8 heteroatoms. The summed E-state index contributed by atoms with van der Waals surface area (Å²) in [5.74, 6) is -0.262. The van der Waals surface area contributed by atoms with Crippen molar-refractivity contribution in [1.29, 1.82) is 0 Å². The number of likely N-dealkylation sites (N-methyl/N-ethyl adjacent to an activating group) is 1. The molecule has 0 bridgehead atoms. The van der Waals surface area contributed by atoms with Crippen LogP contribution in [0.25, 0.3) is 10.2 Å². The number of carbonyl (C=O) groups is 1. The van der Waals surface area contributed by atoms with Crippen LogP contribution in [0.2, 0.25) is 0 Å². The fraction of sp³-hybridized carbons (Fsp3) is 0.391. The van der Waals surface area contributed by atoms with Gasteiger partial charge in [0, 0.05) is 30.3 Å². The van der Waals surface area contributed by atoms with Crippen LogP contribution in [0, 0.1) is 30.9 Å². The number of hydrogen-bond acceptors (Lipinski definition) is 6. The summed E-state index contributed by atoms with van der Waals surface area (Å²) in [6.07, 6.45) is 0. The monoisotopic (exact) mass is 440 g/mol. The molecule has 0 aliphatic rings. The molecule has 0 saturated heterocycles. The van der Waals surface area contributed by atoms with Gasteiger partial charge in [-0.05, 0) is 57.1 Å². The number of aromatic nitrogens is 1. The van der Waals surface area contributed by atoms with Crippen molar-refractivity contribution < 1.29 is 9.72 Å². The van der Waals surface area contributed by atoms with Crippen LogP contribution in [-0.2, 0) is 0 Å². The van der Waals surface area contributed by atoms with E-state index in [2.05, 4.69) is 24.8 Å². The number of rotatable bonds is 8. The van der Waals surface area contributed by atoms with Gasteiger partial charge >= 0.3 is 0 Å². The maximum atomic E-state index is 13.6. The molecule has 0 unspecified atom stereocenters. The Hall–Kier alpha value is -2.84. The molecule has 7 nitrogen and oxygen atoms in total. The van der Waals surface area contributed by atoms with Crippen LogP contribution in [0.3, 0.4) is 0 Å². The first kappa shape index (κ1) is 22.8. The highest BCUT2D eigenvalue weighted by molar-refractivity contribution is 7.22. The molecule has 2 aromatic carbocycles. The third kappa shape index (κ3) is 4.60. The van der Waals surface area contributed by atoms with Crippen molar-refractivity contribution in [2.24, 2.45) is 0 Å². The average molecular weight is 441 g/mol. The lowest BCUT2D eigenvalue weighted by Gasteiger charge is -2.25. The first-order valence-electron chi connectivity index (χ1n) is 10.4. The van der Waals surface area contributed by atoms with E-state index in [-0.39, 0.29) is 11.6 Å². The largest absolute Gasteiger partial charge is 0.302 e. The topological polar surface area (TPSA) is 79.6 Å². The van der Waals surface area contributed by atoms with E-state index in [4.69, 9.17) is 4.98 Å². The lowest BCUT2D eigenvalue weighted by molar-refractivity contribution is -0.385. The van der Waals surface area contributed by atoms with Crippen molar-refractivity contribution in [3.05, 3.63) is 62.7 Å². The number of nitro benzene ring substituents is 1. The summed E-state index contributed by atoms with van der Waals surface area (Å²) in [6, 6.07) is 8.73. The van der Waals surface area contributed by atoms with Crippen LogP contribution in [0.1, 0.15) is 40.9 Å². The van der Waals surface area contributed by atoms with E-state index in [1.807, 2.05) is 19.9 Å². The van der Waals surface area contributed by atoms with E-state index in [0.717, 1.165) is 34.4 Å². The molecule has 3 rings (SSSR count). The molecule has 0 radical (unpaired) electrons. The first-order chi connectivity index (χ1) is 14.8. The van der Waals surface area contributed by atoms with Crippen molar-refractivity contribution in [2.75, 3.05) is 31.1 Å². The first-order valence-corrected chi connectivity index (χ1v) is 11.2. The SMILES string of the molecule is CCN(CC)CCN(C(=O)c1cccc([N+](=O)[O-])c1C)c1nc2c(C)c(C)ccc2s1. The number of aryl methyl sites for hydroxylation is 2. The second-order valence-electron chi connectivity index (χ2n) is 7.54. The summed E-state index contributed by atoms with van der Waals surface area (Å²) in [7, 11) is 0. The molecule has 0 spiro atoms. The van der Waals surface area contributed by atoms with E-state index >= 15 is 0 Å². The minimum Gasteiger partial charge on any atom is -0.302 e. The molecule has 3 aromatic rings. The molecule has 31 heavy (non-hydrogen) atoms. The van der Waals surface area contributed by atoms with Crippen LogP contribution < -0.4 is 4.90 Å². The van der Waals surface area contributed by atoms with Crippen LogP contribution in [0.15, 0.2) is 30.3 Å². The Kier molecular flexibility index (Phi) is 7.02. The maximum absolute atomic E-state index is 13.6. The molecule has 0 saturated carbocycles. The quantitative estimate of drug-likeness (QED) is 0.359. The van der Waals surface area contributed by atoms with Gasteiger partial charge in [0.25, 0.3) is 11.6 Å². The molecular weight excluding hydrogens is 412 g/mol. The maximum Gasteiger partial charge on any atom is 0.273 e. The van der Waals surface area contributed by atoms with E-state index in [1.165, 1.54) is 17.4 Å². The highest BCUT2D eigenvalue weighted by Gasteiger charge is 2.26. The van der Waals surface area contributed by atoms with Gasteiger partial charge in [-0.1, -0.05) is 37.3 Å². The number of thiazole rings is 1. The molecule has 0 atom stereocenters. The smallest absolute Gasteiger partial charge is 0.273 e. The third-order valence-corrected chi connectivity index (χ3v) is 6.86. The van der Waals surface area contributed by atoms with Gasteiger partial charge in [0.05, 0.1) is 15.1 Å². The van der Waals surface area contributed by atoms with Gasteiger partial charge in [0.1, 0.15) is 0 Å². The lowest BCUT2D eigenvalue weighted by Crippen LogP contribution is -2.39. The van der Waals surface area contributed by atoms with Gasteiger partial charge in [-0.3, -0.25) is 19.8 Å². The van der Waals surface area contributed by atoms with Crippen molar-refractivity contribution >= 4 is 38.3 Å². The highest BCUT2D eigenvalue weighted by atomic mass is 32.1. The number of amides is 1. The fourth-order valence-electron chi connectivity index (χ4n) is 3.59. The zero-order valence-electron chi connectivity index (χ0n) is 18.6. The minimum atomic E-state index is -0.448. The summed E-state index contributed by atoms with van der Waals surface area (Å²) in [5, 5.41) is 12.0. The Morgan fingerprint density at radius 3 is 2.42 bits per heavy atom. The summed E-state index contributed by atoms with van der Waals surface area (Å²) >= 11 is 1.48. The fourth-order valence-corrected chi connectivity index (χ4v) is 4.64. The van der Waals surface area contributed by atoms with Gasteiger partial charge in [-0.2, -0.15) is 0 Å². The number of nitro groups is 1. The van der Waals surface area contributed by atoms with Crippen molar-refractivity contribution in [3.8, 4) is 0 Å². The summed E-state index contributed by atoms with van der Waals surface area (Å²) in [6.45, 7) is 12.8. The Balaban J connectivity index is 2.07. The lowest BCUT2D eigenvalue weighted by atomic mass is 10.1. The van der Waals surface area contributed by atoms with Crippen LogP contribution in [-0.4, -0.2) is 46.9 Å². The Morgan fingerprint density at radius 2 is 1.77 bits per heavy atom. The second-order valence-corrected chi connectivity index (χ2v) is 8.55. The number of nitrogens with zero attached hydrogens (tertiary/aromatic N) is 4. The zero-order chi connectivity index (χ0) is 22.7. The number of carbonyl (C=O) groups excluding carboxylic acids is 1. The second kappa shape index (κ2) is 9.53. The van der Waals surface area contributed by atoms with Gasteiger partial charge in [-0.25, -0.2) is 4.98 Å². The van der Waals surface area contributed by atoms with Gasteiger partial charge in [0.15, 0.2) is 5.13 Å². The summed E-state index contributed by atoms with van der Waals surface area (Å²) in [5.41, 5.74) is 3.81. The number of fused-ring (bicyclic) bond motifs is 1. The molecule has 0 aliphatic heterocycles. The summed E-state index contributed by atoms with van der Waals surface area (Å²) < 4.78 is 1.02. The number of anilines is 1. The average Bonchev–Trinajstić information content (AvgIpc) is 3.18. The van der Waals surface area contributed by atoms with Crippen LogP contribution >= 0.6 is 11.3 Å². The Morgan fingerprint density at radius 1 is 1.06 bits per heavy atom. The zero-order valence-corrected chi connectivity index (χ0v) is 19.5. The normalized spacial score (nSPS) is 11.3. The molecular formula is C23H28N4O3S. The van der Waals surface area contributed by atoms with E-state index in [1.54, 1.807) is 24.0 Å². The van der Waals surface area contributed by atoms with Gasteiger partial charge in [-0.15, -0.1) is 0 Å². The molecule has 0 aliphatic carbocycles. The third-order valence-electron chi connectivity index (χ3n) is 5.82. The van der Waals surface area contributed by atoms with E-state index in [9.17, 15) is 14.9 Å². The van der Waals surface area contributed by atoms with E-state index < -0.39 is 4.92 Å². The molecule has 1 aromatic heterocycles. The number of benzene rings is 2. The van der Waals surface area contributed by atoms with Crippen LogP contribution in [0.4, 0.5) is 10.8 Å². The molecule has 164 valence electrons. The Labute approximate surface area is 186 Å². The molecule has 0 fully saturated rings. The molecule has 1 amide bonds. The van der Waals surface area contributed by atoms with Crippen molar-refractivity contribution in [3.63, 3.8) is 0 Å². The summed E-state index contributed by atoms with van der Waals surface area (Å²) in [4.78, 5) is 33.3.